The summed E-state index contributed by atoms with van der Waals surface area (Å²) in [7, 11) is 1.59. The van der Waals surface area contributed by atoms with Crippen molar-refractivity contribution in [3.63, 3.8) is 0 Å². The second kappa shape index (κ2) is 6.98. The molecule has 0 aromatic heterocycles. The number of ether oxygens (including phenoxy) is 1. The number of nitrogens with two attached hydrogens (primary N) is 1. The molecular formula is C12H16N2O2S. The molecule has 1 aromatic carbocycles. The lowest BCUT2D eigenvalue weighted by Gasteiger charge is -2.05. The molecule has 92 valence electrons. The van der Waals surface area contributed by atoms with Gasteiger partial charge in [-0.2, -0.15) is 0 Å². The predicted molar refractivity (Wildman–Crippen MR) is 71.1 cm³/mol. The molecule has 0 atom stereocenters. The van der Waals surface area contributed by atoms with Crippen molar-refractivity contribution in [2.24, 2.45) is 5.73 Å². The fourth-order valence-corrected chi connectivity index (χ4v) is 1.51. The minimum atomic E-state index is -0.107. The van der Waals surface area contributed by atoms with Crippen molar-refractivity contribution in [1.29, 1.82) is 0 Å². The van der Waals surface area contributed by atoms with Crippen LogP contribution in [0.15, 0.2) is 24.3 Å². The summed E-state index contributed by atoms with van der Waals surface area (Å²) >= 11 is 4.82. The fraction of sp³-hybridized carbons (Fsp3) is 0.333. The van der Waals surface area contributed by atoms with Crippen LogP contribution < -0.4 is 11.1 Å². The van der Waals surface area contributed by atoms with Gasteiger partial charge in [-0.3, -0.25) is 4.79 Å². The van der Waals surface area contributed by atoms with Crippen LogP contribution in [-0.2, 0) is 11.2 Å². The summed E-state index contributed by atoms with van der Waals surface area (Å²) in [6.45, 7) is 1.01. The standard InChI is InChI=1S/C12H16N2O2S/c1-16-7-6-14-12(15)10-4-2-9(3-5-10)8-11(13)17/h2-5H,6-8H2,1H3,(H2,13,17)(H,14,15). The van der Waals surface area contributed by atoms with E-state index < -0.39 is 0 Å². The van der Waals surface area contributed by atoms with Crippen molar-refractivity contribution < 1.29 is 9.53 Å². The second-order valence-corrected chi connectivity index (χ2v) is 4.11. The third kappa shape index (κ3) is 4.93. The summed E-state index contributed by atoms with van der Waals surface area (Å²) in [5.74, 6) is -0.107. The van der Waals surface area contributed by atoms with Crippen LogP contribution in [0.3, 0.4) is 0 Å². The Bertz CT molecular complexity index is 390. The lowest BCUT2D eigenvalue weighted by molar-refractivity contribution is 0.0937. The third-order valence-corrected chi connectivity index (χ3v) is 2.33. The van der Waals surface area contributed by atoms with Gasteiger partial charge in [0.05, 0.1) is 11.6 Å². The van der Waals surface area contributed by atoms with E-state index in [4.69, 9.17) is 22.7 Å². The second-order valence-electron chi connectivity index (χ2n) is 3.59. The Morgan fingerprint density at radius 1 is 1.41 bits per heavy atom. The molecule has 1 rings (SSSR count). The molecule has 0 aliphatic heterocycles. The monoisotopic (exact) mass is 252 g/mol. The van der Waals surface area contributed by atoms with Gasteiger partial charge in [-0.15, -0.1) is 0 Å². The molecule has 0 saturated carbocycles. The smallest absolute Gasteiger partial charge is 0.251 e. The Balaban J connectivity index is 2.54. The zero-order valence-corrected chi connectivity index (χ0v) is 10.5. The van der Waals surface area contributed by atoms with E-state index in [1.807, 2.05) is 12.1 Å². The first-order valence-corrected chi connectivity index (χ1v) is 5.68. The number of amides is 1. The highest BCUT2D eigenvalue weighted by Crippen LogP contribution is 2.05. The minimum absolute atomic E-state index is 0.107. The lowest BCUT2D eigenvalue weighted by Crippen LogP contribution is -2.26. The van der Waals surface area contributed by atoms with E-state index in [0.29, 0.717) is 30.1 Å². The van der Waals surface area contributed by atoms with Crippen molar-refractivity contribution in [3.8, 4) is 0 Å². The molecule has 0 fully saturated rings. The molecule has 0 bridgehead atoms. The fourth-order valence-electron chi connectivity index (χ4n) is 1.34. The summed E-state index contributed by atoms with van der Waals surface area (Å²) in [5.41, 5.74) is 7.07. The number of methoxy groups -OCH3 is 1. The quantitative estimate of drug-likeness (QED) is 0.583. The van der Waals surface area contributed by atoms with Gasteiger partial charge >= 0.3 is 0 Å². The van der Waals surface area contributed by atoms with Crippen molar-refractivity contribution in [1.82, 2.24) is 5.32 Å². The van der Waals surface area contributed by atoms with Crippen LogP contribution in [0.2, 0.25) is 0 Å². The van der Waals surface area contributed by atoms with Gasteiger partial charge in [0.1, 0.15) is 0 Å². The van der Waals surface area contributed by atoms with Crippen LogP contribution in [0.5, 0.6) is 0 Å². The van der Waals surface area contributed by atoms with E-state index >= 15 is 0 Å². The molecule has 0 radical (unpaired) electrons. The van der Waals surface area contributed by atoms with Crippen molar-refractivity contribution >= 4 is 23.1 Å². The number of hydrogen-bond acceptors (Lipinski definition) is 3. The normalized spacial score (nSPS) is 9.94. The number of benzene rings is 1. The average molecular weight is 252 g/mol. The Labute approximate surface area is 106 Å². The van der Waals surface area contributed by atoms with E-state index in [0.717, 1.165) is 5.56 Å². The van der Waals surface area contributed by atoms with Crippen LogP contribution in [0.4, 0.5) is 0 Å². The molecular weight excluding hydrogens is 236 g/mol. The van der Waals surface area contributed by atoms with Gasteiger partial charge in [0.15, 0.2) is 0 Å². The molecule has 17 heavy (non-hydrogen) atoms. The molecule has 0 saturated heterocycles. The summed E-state index contributed by atoms with van der Waals surface area (Å²) in [4.78, 5) is 12.1. The largest absolute Gasteiger partial charge is 0.393 e. The van der Waals surface area contributed by atoms with Gasteiger partial charge in [-0.25, -0.2) is 0 Å². The van der Waals surface area contributed by atoms with Crippen LogP contribution >= 0.6 is 12.2 Å². The number of thiocarbonyl (C=S) groups is 1. The highest BCUT2D eigenvalue weighted by molar-refractivity contribution is 7.80. The van der Waals surface area contributed by atoms with Crippen LogP contribution in [0.25, 0.3) is 0 Å². The van der Waals surface area contributed by atoms with Crippen LogP contribution in [-0.4, -0.2) is 31.2 Å². The maximum atomic E-state index is 11.6. The number of nitrogens with one attached hydrogen (secondary N) is 1. The zero-order chi connectivity index (χ0) is 12.7. The van der Waals surface area contributed by atoms with E-state index in [-0.39, 0.29) is 5.91 Å². The first-order valence-electron chi connectivity index (χ1n) is 5.28. The Morgan fingerprint density at radius 3 is 2.59 bits per heavy atom. The van der Waals surface area contributed by atoms with Crippen LogP contribution in [0, 0.1) is 0 Å². The van der Waals surface area contributed by atoms with Gasteiger partial charge in [0.25, 0.3) is 5.91 Å². The van der Waals surface area contributed by atoms with Crippen molar-refractivity contribution in [3.05, 3.63) is 35.4 Å². The average Bonchev–Trinajstić information content (AvgIpc) is 2.29. The summed E-state index contributed by atoms with van der Waals surface area (Å²) in [5, 5.41) is 2.75. The van der Waals surface area contributed by atoms with Gasteiger partial charge in [0, 0.05) is 25.6 Å². The third-order valence-electron chi connectivity index (χ3n) is 2.19. The first kappa shape index (κ1) is 13.6. The Morgan fingerprint density at radius 2 is 2.06 bits per heavy atom. The van der Waals surface area contributed by atoms with Crippen molar-refractivity contribution in [2.75, 3.05) is 20.3 Å². The highest BCUT2D eigenvalue weighted by Gasteiger charge is 2.04. The minimum Gasteiger partial charge on any atom is -0.393 e. The molecule has 0 aliphatic carbocycles. The molecule has 1 aromatic rings. The van der Waals surface area contributed by atoms with Gasteiger partial charge in [-0.1, -0.05) is 24.4 Å². The van der Waals surface area contributed by atoms with Crippen LogP contribution in [0.1, 0.15) is 15.9 Å². The van der Waals surface area contributed by atoms with Gasteiger partial charge in [-0.05, 0) is 17.7 Å². The molecule has 1 amide bonds. The van der Waals surface area contributed by atoms with E-state index in [1.165, 1.54) is 0 Å². The Kier molecular flexibility index (Phi) is 5.59. The topological polar surface area (TPSA) is 64.3 Å². The van der Waals surface area contributed by atoms with Gasteiger partial charge in [0.2, 0.25) is 0 Å². The van der Waals surface area contributed by atoms with E-state index in [1.54, 1.807) is 19.2 Å². The summed E-state index contributed by atoms with van der Waals surface area (Å²) < 4.78 is 4.85. The molecule has 3 N–H and O–H groups in total. The molecule has 5 heteroatoms. The molecule has 4 nitrogen and oxygen atoms in total. The predicted octanol–water partition coefficient (Wildman–Crippen LogP) is 0.891. The first-order chi connectivity index (χ1) is 8.13. The van der Waals surface area contributed by atoms with Crippen molar-refractivity contribution in [2.45, 2.75) is 6.42 Å². The van der Waals surface area contributed by atoms with E-state index in [2.05, 4.69) is 5.32 Å². The molecule has 0 spiro atoms. The van der Waals surface area contributed by atoms with Gasteiger partial charge < -0.3 is 15.8 Å². The zero-order valence-electron chi connectivity index (χ0n) is 9.73. The lowest BCUT2D eigenvalue weighted by atomic mass is 10.1. The summed E-state index contributed by atoms with van der Waals surface area (Å²) in [6, 6.07) is 7.22. The van der Waals surface area contributed by atoms with E-state index in [9.17, 15) is 4.79 Å². The maximum Gasteiger partial charge on any atom is 0.251 e. The Hall–Kier alpha value is -1.46. The number of rotatable bonds is 6. The summed E-state index contributed by atoms with van der Waals surface area (Å²) in [6.07, 6.45) is 0.556. The molecule has 0 aliphatic rings. The number of carbonyl (C=O) groups is 1. The highest BCUT2D eigenvalue weighted by atomic mass is 32.1. The number of carbonyl (C=O) groups excluding carboxylic acids is 1. The maximum absolute atomic E-state index is 11.6. The molecule has 0 unspecified atom stereocenters. The molecule has 0 heterocycles. The number of hydrogen-bond donors (Lipinski definition) is 2. The SMILES string of the molecule is COCCNC(=O)c1ccc(CC(N)=S)cc1.